The van der Waals surface area contributed by atoms with Gasteiger partial charge in [0.05, 0.1) is 20.3 Å². The molecule has 1 aromatic carbocycles. The molecule has 3 rings (SSSR count). The van der Waals surface area contributed by atoms with Crippen LogP contribution in [0.2, 0.25) is 0 Å². The number of ether oxygens (including phenoxy) is 3. The Hall–Kier alpha value is -1.11. The summed E-state index contributed by atoms with van der Waals surface area (Å²) in [6, 6.07) is 4.20. The van der Waals surface area contributed by atoms with Crippen LogP contribution in [-0.2, 0) is 27.2 Å². The van der Waals surface area contributed by atoms with E-state index in [0.29, 0.717) is 13.2 Å². The minimum Gasteiger partial charge on any atom is -0.493 e. The highest BCUT2D eigenvalue weighted by atomic mass is 79.9. The molecule has 0 aliphatic carbocycles. The Bertz CT molecular complexity index is 549. The van der Waals surface area contributed by atoms with Crippen LogP contribution in [0.3, 0.4) is 0 Å². The summed E-state index contributed by atoms with van der Waals surface area (Å²) in [5.74, 6) is 0.690. The van der Waals surface area contributed by atoms with Gasteiger partial charge in [-0.15, -0.1) is 0 Å². The lowest BCUT2D eigenvalue weighted by Gasteiger charge is -2.31. The Morgan fingerprint density at radius 1 is 1.48 bits per heavy atom. The molecule has 1 saturated heterocycles. The monoisotopic (exact) mass is 355 g/mol. The van der Waals surface area contributed by atoms with Crippen LogP contribution in [-0.4, -0.2) is 50.4 Å². The van der Waals surface area contributed by atoms with E-state index in [-0.39, 0.29) is 5.97 Å². The minimum absolute atomic E-state index is 0.310. The first-order valence-electron chi connectivity index (χ1n) is 7.03. The van der Waals surface area contributed by atoms with Gasteiger partial charge in [0.25, 0.3) is 0 Å². The first kappa shape index (κ1) is 14.8. The van der Waals surface area contributed by atoms with Crippen molar-refractivity contribution in [2.45, 2.75) is 19.1 Å². The van der Waals surface area contributed by atoms with Crippen LogP contribution in [0.4, 0.5) is 0 Å². The Morgan fingerprint density at radius 2 is 2.33 bits per heavy atom. The maximum Gasteiger partial charge on any atom is 0.336 e. The zero-order chi connectivity index (χ0) is 14.8. The topological polar surface area (TPSA) is 48.0 Å². The molecular weight excluding hydrogens is 338 g/mol. The van der Waals surface area contributed by atoms with Crippen LogP contribution in [0.25, 0.3) is 0 Å². The summed E-state index contributed by atoms with van der Waals surface area (Å²) >= 11 is 3.55. The number of rotatable bonds is 3. The molecule has 0 radical (unpaired) electrons. The largest absolute Gasteiger partial charge is 0.493 e. The lowest BCUT2D eigenvalue weighted by Crippen LogP contribution is -2.46. The fourth-order valence-corrected chi connectivity index (χ4v) is 3.38. The molecule has 0 spiro atoms. The van der Waals surface area contributed by atoms with E-state index in [1.54, 1.807) is 0 Å². The molecule has 0 amide bonds. The Labute approximate surface area is 132 Å². The van der Waals surface area contributed by atoms with Crippen molar-refractivity contribution in [3.63, 3.8) is 0 Å². The highest BCUT2D eigenvalue weighted by molar-refractivity contribution is 9.10. The summed E-state index contributed by atoms with van der Waals surface area (Å²) in [6.45, 7) is 3.38. The third-order valence-corrected chi connectivity index (χ3v) is 4.29. The molecule has 2 aliphatic rings. The van der Waals surface area contributed by atoms with E-state index >= 15 is 0 Å². The van der Waals surface area contributed by atoms with Crippen molar-refractivity contribution in [2.75, 3.05) is 33.4 Å². The van der Waals surface area contributed by atoms with Crippen LogP contribution in [0, 0.1) is 0 Å². The van der Waals surface area contributed by atoms with Crippen molar-refractivity contribution >= 4 is 21.9 Å². The van der Waals surface area contributed by atoms with Crippen molar-refractivity contribution in [3.05, 3.63) is 27.7 Å². The number of hydrogen-bond acceptors (Lipinski definition) is 5. The smallest absolute Gasteiger partial charge is 0.336 e. The Morgan fingerprint density at radius 3 is 3.14 bits per heavy atom. The maximum atomic E-state index is 11.6. The number of nitrogens with zero attached hydrogens (tertiary/aromatic N) is 1. The second-order valence-electron chi connectivity index (χ2n) is 5.27. The minimum atomic E-state index is -0.495. The second kappa shape index (κ2) is 6.34. The lowest BCUT2D eigenvalue weighted by molar-refractivity contribution is -0.160. The van der Waals surface area contributed by atoms with Crippen molar-refractivity contribution in [1.29, 1.82) is 0 Å². The summed E-state index contributed by atoms with van der Waals surface area (Å²) in [5.41, 5.74) is 2.40. The van der Waals surface area contributed by atoms with Crippen LogP contribution >= 0.6 is 15.9 Å². The van der Waals surface area contributed by atoms with Gasteiger partial charge in [0, 0.05) is 36.1 Å². The van der Waals surface area contributed by atoms with E-state index in [4.69, 9.17) is 14.2 Å². The molecule has 2 aliphatic heterocycles. The number of carbonyl (C=O) groups is 1. The summed E-state index contributed by atoms with van der Waals surface area (Å²) in [5, 5.41) is 0. The van der Waals surface area contributed by atoms with Crippen molar-refractivity contribution in [3.8, 4) is 5.75 Å². The maximum absolute atomic E-state index is 11.6. The molecule has 0 aromatic heterocycles. The quantitative estimate of drug-likeness (QED) is 0.773. The van der Waals surface area contributed by atoms with E-state index in [1.807, 2.05) is 0 Å². The summed E-state index contributed by atoms with van der Waals surface area (Å²) in [4.78, 5) is 13.8. The standard InChI is InChI=1S/C15H18BrNO4/c1-19-15(18)13-9-17(3-5-20-13)8-11-7-12(16)6-10-2-4-21-14(10)11/h6-7,13H,2-5,8-9H2,1H3. The van der Waals surface area contributed by atoms with E-state index in [2.05, 4.69) is 33.0 Å². The lowest BCUT2D eigenvalue weighted by atomic mass is 10.1. The summed E-state index contributed by atoms with van der Waals surface area (Å²) < 4.78 is 17.0. The van der Waals surface area contributed by atoms with Crippen molar-refractivity contribution < 1.29 is 19.0 Å². The summed E-state index contributed by atoms with van der Waals surface area (Å²) in [6.07, 6.45) is 0.459. The summed E-state index contributed by atoms with van der Waals surface area (Å²) in [7, 11) is 1.39. The van der Waals surface area contributed by atoms with Crippen LogP contribution in [0.15, 0.2) is 16.6 Å². The number of fused-ring (bicyclic) bond motifs is 1. The first-order chi connectivity index (χ1) is 10.2. The fraction of sp³-hybridized carbons (Fsp3) is 0.533. The molecule has 1 unspecified atom stereocenters. The number of carbonyl (C=O) groups excluding carboxylic acids is 1. The van der Waals surface area contributed by atoms with Gasteiger partial charge in [0.1, 0.15) is 5.75 Å². The molecule has 0 saturated carbocycles. The molecule has 114 valence electrons. The van der Waals surface area contributed by atoms with E-state index in [1.165, 1.54) is 12.7 Å². The highest BCUT2D eigenvalue weighted by Gasteiger charge is 2.28. The molecule has 0 bridgehead atoms. The molecule has 5 nitrogen and oxygen atoms in total. The highest BCUT2D eigenvalue weighted by Crippen LogP contribution is 2.34. The van der Waals surface area contributed by atoms with Crippen LogP contribution in [0.5, 0.6) is 5.75 Å². The molecule has 0 N–H and O–H groups in total. The molecule has 1 atom stereocenters. The zero-order valence-corrected chi connectivity index (χ0v) is 13.5. The van der Waals surface area contributed by atoms with Gasteiger partial charge in [-0.3, -0.25) is 4.90 Å². The molecule has 21 heavy (non-hydrogen) atoms. The Kier molecular flexibility index (Phi) is 4.47. The number of benzene rings is 1. The molecule has 2 heterocycles. The van der Waals surface area contributed by atoms with Gasteiger partial charge >= 0.3 is 5.97 Å². The van der Waals surface area contributed by atoms with E-state index in [0.717, 1.165) is 41.9 Å². The number of morpholine rings is 1. The SMILES string of the molecule is COC(=O)C1CN(Cc2cc(Br)cc3c2OCC3)CCO1. The number of halogens is 1. The third kappa shape index (κ3) is 3.22. The van der Waals surface area contributed by atoms with Crippen LogP contribution < -0.4 is 4.74 Å². The number of hydrogen-bond donors (Lipinski definition) is 0. The Balaban J connectivity index is 1.73. The normalized spacial score (nSPS) is 21.7. The second-order valence-corrected chi connectivity index (χ2v) is 6.19. The number of esters is 1. The molecular formula is C15H18BrNO4. The van der Waals surface area contributed by atoms with Gasteiger partial charge < -0.3 is 14.2 Å². The van der Waals surface area contributed by atoms with Gasteiger partial charge in [-0.25, -0.2) is 4.79 Å². The zero-order valence-electron chi connectivity index (χ0n) is 11.9. The molecule has 1 fully saturated rings. The van der Waals surface area contributed by atoms with Gasteiger partial charge in [-0.2, -0.15) is 0 Å². The van der Waals surface area contributed by atoms with Crippen molar-refractivity contribution in [1.82, 2.24) is 4.90 Å². The average Bonchev–Trinajstić information content (AvgIpc) is 2.95. The third-order valence-electron chi connectivity index (χ3n) is 3.83. The van der Waals surface area contributed by atoms with Gasteiger partial charge in [0.15, 0.2) is 6.10 Å². The molecule has 6 heteroatoms. The van der Waals surface area contributed by atoms with Gasteiger partial charge in [0.2, 0.25) is 0 Å². The van der Waals surface area contributed by atoms with E-state index in [9.17, 15) is 4.79 Å². The van der Waals surface area contributed by atoms with E-state index < -0.39 is 6.10 Å². The van der Waals surface area contributed by atoms with Gasteiger partial charge in [-0.1, -0.05) is 15.9 Å². The fourth-order valence-electron chi connectivity index (χ4n) is 2.82. The van der Waals surface area contributed by atoms with Crippen LogP contribution in [0.1, 0.15) is 11.1 Å². The van der Waals surface area contributed by atoms with Gasteiger partial charge in [-0.05, 0) is 17.7 Å². The average molecular weight is 356 g/mol. The predicted octanol–water partition coefficient (Wildman–Crippen LogP) is 1.76. The van der Waals surface area contributed by atoms with Crippen molar-refractivity contribution in [2.24, 2.45) is 0 Å². The molecule has 1 aromatic rings. The number of methoxy groups -OCH3 is 1. The predicted molar refractivity (Wildman–Crippen MR) is 80.4 cm³/mol. The first-order valence-corrected chi connectivity index (χ1v) is 7.82.